The average Bonchev–Trinajstić information content (AvgIpc) is 3.03. The van der Waals surface area contributed by atoms with Gasteiger partial charge in [0.25, 0.3) is 0 Å². The molecule has 0 aliphatic carbocycles. The van der Waals surface area contributed by atoms with E-state index in [4.69, 9.17) is 9.72 Å². The van der Waals surface area contributed by atoms with E-state index in [2.05, 4.69) is 41.8 Å². The van der Waals surface area contributed by atoms with Crippen molar-refractivity contribution >= 4 is 22.7 Å². The van der Waals surface area contributed by atoms with E-state index in [1.807, 2.05) is 6.92 Å². The van der Waals surface area contributed by atoms with Crippen molar-refractivity contribution in [2.45, 2.75) is 39.2 Å². The molecule has 1 atom stereocenters. The molecule has 2 rings (SSSR count). The number of hydrogen-bond acceptors (Lipinski definition) is 6. The van der Waals surface area contributed by atoms with Gasteiger partial charge in [0, 0.05) is 29.8 Å². The standard InChI is InChI=1S/C15H23N3OS2/c1-10-17-11(8-20-10)13(16-6-7-19-5)14-18-12(9-21-14)15(2,3)4/h8-9,13,16H,6-7H2,1-5H3. The Kier molecular flexibility index (Phi) is 5.48. The van der Waals surface area contributed by atoms with Gasteiger partial charge < -0.3 is 10.1 Å². The van der Waals surface area contributed by atoms with Crippen LogP contribution in [0.5, 0.6) is 0 Å². The highest BCUT2D eigenvalue weighted by molar-refractivity contribution is 7.10. The first-order valence-corrected chi connectivity index (χ1v) is 8.78. The molecular formula is C15H23N3OS2. The molecule has 1 N–H and O–H groups in total. The zero-order chi connectivity index (χ0) is 15.5. The van der Waals surface area contributed by atoms with Crippen molar-refractivity contribution < 1.29 is 4.74 Å². The average molecular weight is 326 g/mol. The van der Waals surface area contributed by atoms with Gasteiger partial charge in [-0.05, 0) is 6.92 Å². The second-order valence-electron chi connectivity index (χ2n) is 5.99. The summed E-state index contributed by atoms with van der Waals surface area (Å²) in [6, 6.07) is 0.0474. The first kappa shape index (κ1) is 16.5. The quantitative estimate of drug-likeness (QED) is 0.825. The monoisotopic (exact) mass is 325 g/mol. The van der Waals surface area contributed by atoms with Crippen LogP contribution < -0.4 is 5.32 Å². The third-order valence-corrected chi connectivity index (χ3v) is 4.83. The lowest BCUT2D eigenvalue weighted by molar-refractivity contribution is 0.197. The Balaban J connectivity index is 2.24. The Hall–Kier alpha value is -0.820. The number of ether oxygens (including phenoxy) is 1. The predicted octanol–water partition coefficient (Wildman–Crippen LogP) is 3.53. The van der Waals surface area contributed by atoms with Gasteiger partial charge in [-0.2, -0.15) is 0 Å². The van der Waals surface area contributed by atoms with Crippen molar-refractivity contribution in [3.63, 3.8) is 0 Å². The molecule has 0 fully saturated rings. The predicted molar refractivity (Wildman–Crippen MR) is 89.4 cm³/mol. The van der Waals surface area contributed by atoms with Gasteiger partial charge in [0.05, 0.1) is 23.0 Å². The fourth-order valence-electron chi connectivity index (χ4n) is 1.90. The smallest absolute Gasteiger partial charge is 0.116 e. The van der Waals surface area contributed by atoms with Crippen LogP contribution in [0.25, 0.3) is 0 Å². The normalized spacial score (nSPS) is 13.6. The molecule has 6 heteroatoms. The molecule has 2 heterocycles. The molecule has 0 radical (unpaired) electrons. The molecule has 0 bridgehead atoms. The molecular weight excluding hydrogens is 302 g/mol. The molecule has 1 unspecified atom stereocenters. The number of nitrogens with one attached hydrogen (secondary N) is 1. The van der Waals surface area contributed by atoms with Crippen LogP contribution in [0, 0.1) is 6.92 Å². The number of aryl methyl sites for hydroxylation is 1. The maximum absolute atomic E-state index is 5.13. The number of aromatic nitrogens is 2. The van der Waals surface area contributed by atoms with Gasteiger partial charge in [0.2, 0.25) is 0 Å². The van der Waals surface area contributed by atoms with Crippen molar-refractivity contribution in [3.05, 3.63) is 32.2 Å². The van der Waals surface area contributed by atoms with E-state index in [1.165, 1.54) is 0 Å². The number of hydrogen-bond donors (Lipinski definition) is 1. The van der Waals surface area contributed by atoms with Gasteiger partial charge in [0.15, 0.2) is 0 Å². The summed E-state index contributed by atoms with van der Waals surface area (Å²) in [7, 11) is 1.71. The van der Waals surface area contributed by atoms with Gasteiger partial charge in [-0.15, -0.1) is 22.7 Å². The Morgan fingerprint density at radius 1 is 1.24 bits per heavy atom. The van der Waals surface area contributed by atoms with Crippen LogP contribution in [0.15, 0.2) is 10.8 Å². The Labute approximate surface area is 134 Å². The molecule has 4 nitrogen and oxygen atoms in total. The minimum absolute atomic E-state index is 0.0474. The van der Waals surface area contributed by atoms with Crippen molar-refractivity contribution in [1.29, 1.82) is 0 Å². The lowest BCUT2D eigenvalue weighted by atomic mass is 9.93. The van der Waals surface area contributed by atoms with Gasteiger partial charge in [-0.25, -0.2) is 9.97 Å². The Bertz CT molecular complexity index is 571. The molecule has 0 saturated carbocycles. The van der Waals surface area contributed by atoms with Crippen LogP contribution in [0.1, 0.15) is 48.2 Å². The lowest BCUT2D eigenvalue weighted by Gasteiger charge is -2.16. The molecule has 0 saturated heterocycles. The third kappa shape index (κ3) is 4.32. The summed E-state index contributed by atoms with van der Waals surface area (Å²) in [6.45, 7) is 10.0. The molecule has 2 aromatic heterocycles. The van der Waals surface area contributed by atoms with Crippen LogP contribution in [-0.4, -0.2) is 30.2 Å². The maximum Gasteiger partial charge on any atom is 0.116 e. The molecule has 0 aliphatic rings. The van der Waals surface area contributed by atoms with Gasteiger partial charge in [-0.1, -0.05) is 20.8 Å². The van der Waals surface area contributed by atoms with E-state index in [1.54, 1.807) is 29.8 Å². The van der Waals surface area contributed by atoms with E-state index in [0.717, 1.165) is 27.9 Å². The molecule has 21 heavy (non-hydrogen) atoms. The lowest BCUT2D eigenvalue weighted by Crippen LogP contribution is -2.26. The number of thiazole rings is 2. The molecule has 0 aromatic carbocycles. The second-order valence-corrected chi connectivity index (χ2v) is 7.94. The summed E-state index contributed by atoms with van der Waals surface area (Å²) < 4.78 is 5.13. The number of methoxy groups -OCH3 is 1. The van der Waals surface area contributed by atoms with Crippen molar-refractivity contribution in [2.24, 2.45) is 0 Å². The molecule has 0 spiro atoms. The van der Waals surface area contributed by atoms with E-state index < -0.39 is 0 Å². The fraction of sp³-hybridized carbons (Fsp3) is 0.600. The van der Waals surface area contributed by atoms with E-state index in [-0.39, 0.29) is 11.5 Å². The zero-order valence-corrected chi connectivity index (χ0v) is 14.9. The Morgan fingerprint density at radius 3 is 2.52 bits per heavy atom. The zero-order valence-electron chi connectivity index (χ0n) is 13.3. The van der Waals surface area contributed by atoms with Crippen LogP contribution in [0.4, 0.5) is 0 Å². The van der Waals surface area contributed by atoms with Crippen molar-refractivity contribution in [3.8, 4) is 0 Å². The highest BCUT2D eigenvalue weighted by Gasteiger charge is 2.23. The highest BCUT2D eigenvalue weighted by Crippen LogP contribution is 2.30. The molecule has 0 aliphatic heterocycles. The number of rotatable bonds is 6. The largest absolute Gasteiger partial charge is 0.383 e. The first-order valence-electron chi connectivity index (χ1n) is 7.02. The number of nitrogens with zero attached hydrogens (tertiary/aromatic N) is 2. The van der Waals surface area contributed by atoms with Gasteiger partial charge in [0.1, 0.15) is 11.0 Å². The van der Waals surface area contributed by atoms with Crippen LogP contribution in [0.2, 0.25) is 0 Å². The van der Waals surface area contributed by atoms with Gasteiger partial charge in [-0.3, -0.25) is 0 Å². The maximum atomic E-state index is 5.13. The molecule has 0 amide bonds. The van der Waals surface area contributed by atoms with Gasteiger partial charge >= 0.3 is 0 Å². The molecule has 116 valence electrons. The van der Waals surface area contributed by atoms with Crippen LogP contribution in [-0.2, 0) is 10.2 Å². The SMILES string of the molecule is COCCNC(c1csc(C)n1)c1nc(C(C)(C)C)cs1. The van der Waals surface area contributed by atoms with Crippen LogP contribution in [0.3, 0.4) is 0 Å². The minimum atomic E-state index is 0.0474. The Morgan fingerprint density at radius 2 is 2.00 bits per heavy atom. The summed E-state index contributed by atoms with van der Waals surface area (Å²) in [5, 5.41) is 9.91. The second kappa shape index (κ2) is 6.96. The topological polar surface area (TPSA) is 47.0 Å². The van der Waals surface area contributed by atoms with E-state index in [0.29, 0.717) is 6.61 Å². The summed E-state index contributed by atoms with van der Waals surface area (Å²) in [5.74, 6) is 0. The van der Waals surface area contributed by atoms with Crippen LogP contribution >= 0.6 is 22.7 Å². The van der Waals surface area contributed by atoms with Crippen molar-refractivity contribution in [2.75, 3.05) is 20.3 Å². The van der Waals surface area contributed by atoms with E-state index >= 15 is 0 Å². The summed E-state index contributed by atoms with van der Waals surface area (Å²) in [4.78, 5) is 9.45. The van der Waals surface area contributed by atoms with E-state index in [9.17, 15) is 0 Å². The molecule has 2 aromatic rings. The summed E-state index contributed by atoms with van der Waals surface area (Å²) in [6.07, 6.45) is 0. The highest BCUT2D eigenvalue weighted by atomic mass is 32.1. The fourth-order valence-corrected chi connectivity index (χ4v) is 3.67. The summed E-state index contributed by atoms with van der Waals surface area (Å²) in [5.41, 5.74) is 2.25. The minimum Gasteiger partial charge on any atom is -0.383 e. The first-order chi connectivity index (χ1) is 9.91. The third-order valence-electron chi connectivity index (χ3n) is 3.12. The van der Waals surface area contributed by atoms with Crippen molar-refractivity contribution in [1.82, 2.24) is 15.3 Å². The summed E-state index contributed by atoms with van der Waals surface area (Å²) >= 11 is 3.37.